The van der Waals surface area contributed by atoms with E-state index in [2.05, 4.69) is 47.0 Å². The summed E-state index contributed by atoms with van der Waals surface area (Å²) >= 11 is 0. The fraction of sp³-hybridized carbons (Fsp3) is 0.136. The largest absolute Gasteiger partial charge is 0.399 e. The van der Waals surface area contributed by atoms with Gasteiger partial charge in [0.05, 0.1) is 10.8 Å². The SMILES string of the molecule is NCCC[n+]1c(-c2ccccc2)c2cc(N)ccc2c2ccc(N)cc21. The van der Waals surface area contributed by atoms with Gasteiger partial charge in [-0.15, -0.1) is 0 Å². The normalized spacial score (nSPS) is 11.3. The molecule has 0 radical (unpaired) electrons. The number of pyridine rings is 1. The van der Waals surface area contributed by atoms with E-state index in [1.165, 1.54) is 10.8 Å². The molecule has 4 aromatic rings. The molecule has 1 heterocycles. The molecular formula is C22H23N4+. The van der Waals surface area contributed by atoms with Crippen LogP contribution in [0.4, 0.5) is 11.4 Å². The summed E-state index contributed by atoms with van der Waals surface area (Å²) in [5, 5.41) is 3.49. The third-order valence-electron chi connectivity index (χ3n) is 4.80. The molecule has 130 valence electrons. The Morgan fingerprint density at radius 3 is 2.15 bits per heavy atom. The first-order valence-electron chi connectivity index (χ1n) is 8.89. The maximum Gasteiger partial charge on any atom is 0.220 e. The van der Waals surface area contributed by atoms with Crippen LogP contribution in [-0.4, -0.2) is 6.54 Å². The smallest absolute Gasteiger partial charge is 0.220 e. The minimum Gasteiger partial charge on any atom is -0.399 e. The number of nitrogens with two attached hydrogens (primary N) is 3. The Bertz CT molecular complexity index is 1090. The lowest BCUT2D eigenvalue weighted by atomic mass is 9.98. The predicted molar refractivity (Wildman–Crippen MR) is 110 cm³/mol. The second-order valence-corrected chi connectivity index (χ2v) is 6.59. The Kier molecular flexibility index (Phi) is 4.19. The van der Waals surface area contributed by atoms with Crippen LogP contribution in [-0.2, 0) is 6.54 Å². The van der Waals surface area contributed by atoms with Gasteiger partial charge in [0, 0.05) is 34.8 Å². The molecule has 0 fully saturated rings. The highest BCUT2D eigenvalue weighted by molar-refractivity contribution is 6.10. The number of nitrogens with zero attached hydrogens (tertiary/aromatic N) is 1. The Balaban J connectivity index is 2.20. The van der Waals surface area contributed by atoms with Crippen molar-refractivity contribution in [3.8, 4) is 11.3 Å². The number of hydrogen-bond donors (Lipinski definition) is 3. The molecule has 0 spiro atoms. The standard InChI is InChI=1S/C22H22N4/c23-11-4-12-26-21-14-17(25)8-10-19(21)18-9-7-16(24)13-20(18)22(26)15-5-2-1-3-6-15/h1-3,5-10,13-14,25H,4,11-12,23-24H2/p+1. The topological polar surface area (TPSA) is 81.9 Å². The van der Waals surface area contributed by atoms with E-state index in [-0.39, 0.29) is 0 Å². The zero-order chi connectivity index (χ0) is 18.1. The second kappa shape index (κ2) is 6.65. The van der Waals surface area contributed by atoms with Gasteiger partial charge < -0.3 is 17.2 Å². The molecule has 0 unspecified atom stereocenters. The van der Waals surface area contributed by atoms with Crippen molar-refractivity contribution in [1.82, 2.24) is 0 Å². The molecule has 0 saturated carbocycles. The van der Waals surface area contributed by atoms with E-state index in [4.69, 9.17) is 17.2 Å². The van der Waals surface area contributed by atoms with E-state index >= 15 is 0 Å². The van der Waals surface area contributed by atoms with E-state index < -0.39 is 0 Å². The van der Waals surface area contributed by atoms with Gasteiger partial charge >= 0.3 is 0 Å². The van der Waals surface area contributed by atoms with Gasteiger partial charge in [0.2, 0.25) is 11.2 Å². The highest BCUT2D eigenvalue weighted by Crippen LogP contribution is 2.33. The van der Waals surface area contributed by atoms with Crippen molar-refractivity contribution < 1.29 is 4.57 Å². The average molecular weight is 343 g/mol. The van der Waals surface area contributed by atoms with Gasteiger partial charge in [0.15, 0.2) is 6.54 Å². The van der Waals surface area contributed by atoms with Gasteiger partial charge in [-0.2, -0.15) is 4.57 Å². The lowest BCUT2D eigenvalue weighted by Gasteiger charge is -2.13. The summed E-state index contributed by atoms with van der Waals surface area (Å²) in [4.78, 5) is 0. The third-order valence-corrected chi connectivity index (χ3v) is 4.80. The van der Waals surface area contributed by atoms with Gasteiger partial charge in [0.25, 0.3) is 0 Å². The Hall–Kier alpha value is -3.11. The van der Waals surface area contributed by atoms with Crippen molar-refractivity contribution in [2.75, 3.05) is 18.0 Å². The molecular weight excluding hydrogens is 320 g/mol. The van der Waals surface area contributed by atoms with Crippen LogP contribution < -0.4 is 21.8 Å². The zero-order valence-corrected chi connectivity index (χ0v) is 14.7. The number of hydrogen-bond acceptors (Lipinski definition) is 3. The molecule has 4 heteroatoms. The maximum atomic E-state index is 6.14. The van der Waals surface area contributed by atoms with Crippen LogP contribution in [0.3, 0.4) is 0 Å². The first kappa shape index (κ1) is 16.4. The van der Waals surface area contributed by atoms with Gasteiger partial charge in [0.1, 0.15) is 0 Å². The fourth-order valence-electron chi connectivity index (χ4n) is 3.65. The molecule has 26 heavy (non-hydrogen) atoms. The van der Waals surface area contributed by atoms with E-state index in [1.54, 1.807) is 0 Å². The molecule has 3 aromatic carbocycles. The molecule has 1 aromatic heterocycles. The summed E-state index contributed by atoms with van der Waals surface area (Å²) in [5.41, 5.74) is 23.0. The number of aromatic nitrogens is 1. The van der Waals surface area contributed by atoms with Gasteiger partial charge in [-0.25, -0.2) is 0 Å². The summed E-state index contributed by atoms with van der Waals surface area (Å²) < 4.78 is 2.33. The molecule has 0 atom stereocenters. The summed E-state index contributed by atoms with van der Waals surface area (Å²) in [5.74, 6) is 0. The van der Waals surface area contributed by atoms with Crippen LogP contribution in [0.2, 0.25) is 0 Å². The lowest BCUT2D eigenvalue weighted by Crippen LogP contribution is -2.38. The van der Waals surface area contributed by atoms with Crippen LogP contribution in [0.25, 0.3) is 32.9 Å². The molecule has 0 saturated heterocycles. The molecule has 6 N–H and O–H groups in total. The Labute approximate surface area is 152 Å². The van der Waals surface area contributed by atoms with Gasteiger partial charge in [-0.3, -0.25) is 0 Å². The molecule has 0 aliphatic rings. The number of anilines is 2. The van der Waals surface area contributed by atoms with Crippen molar-refractivity contribution >= 4 is 33.1 Å². The highest BCUT2D eigenvalue weighted by Gasteiger charge is 2.23. The summed E-state index contributed by atoms with van der Waals surface area (Å²) in [6.45, 7) is 1.46. The third kappa shape index (κ3) is 2.74. The number of rotatable bonds is 4. The second-order valence-electron chi connectivity index (χ2n) is 6.59. The average Bonchev–Trinajstić information content (AvgIpc) is 2.66. The van der Waals surface area contributed by atoms with Gasteiger partial charge in [-0.05, 0) is 42.9 Å². The van der Waals surface area contributed by atoms with E-state index in [0.29, 0.717) is 6.54 Å². The van der Waals surface area contributed by atoms with Crippen molar-refractivity contribution in [3.05, 3.63) is 66.7 Å². The number of fused-ring (bicyclic) bond motifs is 3. The van der Waals surface area contributed by atoms with Gasteiger partial charge in [-0.1, -0.05) is 24.3 Å². The van der Waals surface area contributed by atoms with Crippen LogP contribution in [0.5, 0.6) is 0 Å². The summed E-state index contributed by atoms with van der Waals surface area (Å²) in [7, 11) is 0. The Morgan fingerprint density at radius 1 is 0.731 bits per heavy atom. The van der Waals surface area contributed by atoms with Crippen molar-refractivity contribution in [2.24, 2.45) is 5.73 Å². The number of nitrogen functional groups attached to an aromatic ring is 2. The van der Waals surface area contributed by atoms with Crippen molar-refractivity contribution in [3.63, 3.8) is 0 Å². The number of benzene rings is 3. The van der Waals surface area contributed by atoms with E-state index in [0.717, 1.165) is 46.5 Å². The molecule has 0 aliphatic heterocycles. The van der Waals surface area contributed by atoms with Crippen molar-refractivity contribution in [2.45, 2.75) is 13.0 Å². The van der Waals surface area contributed by atoms with Crippen LogP contribution >= 0.6 is 0 Å². The van der Waals surface area contributed by atoms with Crippen LogP contribution in [0.15, 0.2) is 66.7 Å². The molecule has 4 rings (SSSR count). The molecule has 0 aliphatic carbocycles. The first-order chi connectivity index (χ1) is 12.7. The minimum atomic E-state index is 0.639. The lowest BCUT2D eigenvalue weighted by molar-refractivity contribution is -0.659. The maximum absolute atomic E-state index is 6.14. The Morgan fingerprint density at radius 2 is 1.42 bits per heavy atom. The molecule has 0 bridgehead atoms. The van der Waals surface area contributed by atoms with E-state index in [1.807, 2.05) is 24.3 Å². The summed E-state index contributed by atoms with van der Waals surface area (Å²) in [6.07, 6.45) is 0.891. The molecule has 0 amide bonds. The fourth-order valence-corrected chi connectivity index (χ4v) is 3.65. The summed E-state index contributed by atoms with van der Waals surface area (Å²) in [6, 6.07) is 22.6. The predicted octanol–water partition coefficient (Wildman–Crippen LogP) is 3.46. The first-order valence-corrected chi connectivity index (χ1v) is 8.89. The zero-order valence-electron chi connectivity index (χ0n) is 14.7. The van der Waals surface area contributed by atoms with Crippen LogP contribution in [0, 0.1) is 0 Å². The quantitative estimate of drug-likeness (QED) is 0.301. The minimum absolute atomic E-state index is 0.639. The number of aryl methyl sites for hydroxylation is 1. The van der Waals surface area contributed by atoms with Crippen LogP contribution in [0.1, 0.15) is 6.42 Å². The van der Waals surface area contributed by atoms with E-state index in [9.17, 15) is 0 Å². The van der Waals surface area contributed by atoms with Crippen molar-refractivity contribution in [1.29, 1.82) is 0 Å². The molecule has 4 nitrogen and oxygen atoms in total. The highest BCUT2D eigenvalue weighted by atomic mass is 15.0. The monoisotopic (exact) mass is 343 g/mol.